The average molecular weight is 272 g/mol. The number of aliphatic hydroxyl groups is 1. The van der Waals surface area contributed by atoms with Crippen molar-refractivity contribution in [1.82, 2.24) is 4.90 Å². The van der Waals surface area contributed by atoms with Gasteiger partial charge in [-0.15, -0.1) is 0 Å². The number of phenolic OH excluding ortho intramolecular Hbond substituents is 1. The Morgan fingerprint density at radius 2 is 2.11 bits per heavy atom. The minimum atomic E-state index is -0.455. The Morgan fingerprint density at radius 1 is 1.50 bits per heavy atom. The first-order valence-electron chi connectivity index (χ1n) is 5.70. The number of hydrogen-bond donors (Lipinski definition) is 2. The molecule has 1 aromatic carbocycles. The Bertz CT molecular complexity index is 446. The maximum absolute atomic E-state index is 11.4. The monoisotopic (exact) mass is 271 g/mol. The van der Waals surface area contributed by atoms with Gasteiger partial charge in [0.1, 0.15) is 5.75 Å². The molecular formula is C13H18ClNO3. The smallest absolute Gasteiger partial charge is 0.163 e. The average Bonchev–Trinajstić information content (AvgIpc) is 2.21. The molecule has 0 amide bonds. The molecule has 0 aromatic heterocycles. The molecule has 1 aromatic rings. The molecule has 0 spiro atoms. The molecular weight excluding hydrogens is 254 g/mol. The molecule has 0 saturated carbocycles. The number of carbonyl (C=O) groups is 1. The van der Waals surface area contributed by atoms with Gasteiger partial charge in [0.15, 0.2) is 5.78 Å². The van der Waals surface area contributed by atoms with Crippen LogP contribution in [0.4, 0.5) is 0 Å². The van der Waals surface area contributed by atoms with Gasteiger partial charge in [-0.2, -0.15) is 0 Å². The number of likely N-dealkylation sites (N-methyl/N-ethyl adjacent to an activating group) is 1. The van der Waals surface area contributed by atoms with E-state index < -0.39 is 6.10 Å². The summed E-state index contributed by atoms with van der Waals surface area (Å²) in [6.45, 7) is 3.96. The standard InChI is InChI=1S/C13H18ClNO3/c1-8(16)6-15(3)7-10-4-11(14)5-12(9(2)17)13(10)18/h4-5,8,16,18H,6-7H2,1-3H3. The third kappa shape index (κ3) is 3.98. The summed E-state index contributed by atoms with van der Waals surface area (Å²) in [6, 6.07) is 3.08. The summed E-state index contributed by atoms with van der Waals surface area (Å²) in [6.07, 6.45) is -0.455. The summed E-state index contributed by atoms with van der Waals surface area (Å²) >= 11 is 5.92. The van der Waals surface area contributed by atoms with Crippen molar-refractivity contribution in [1.29, 1.82) is 0 Å². The second-order valence-electron chi connectivity index (χ2n) is 4.56. The van der Waals surface area contributed by atoms with Crippen molar-refractivity contribution < 1.29 is 15.0 Å². The number of benzene rings is 1. The zero-order valence-corrected chi connectivity index (χ0v) is 11.5. The SMILES string of the molecule is CC(=O)c1cc(Cl)cc(CN(C)CC(C)O)c1O. The van der Waals surface area contributed by atoms with Crippen molar-refractivity contribution in [3.05, 3.63) is 28.3 Å². The Hall–Kier alpha value is -1.10. The Kier molecular flexibility index (Phi) is 5.14. The highest BCUT2D eigenvalue weighted by atomic mass is 35.5. The van der Waals surface area contributed by atoms with Gasteiger partial charge in [0.2, 0.25) is 0 Å². The Morgan fingerprint density at radius 3 is 2.61 bits per heavy atom. The molecule has 0 aliphatic carbocycles. The van der Waals surface area contributed by atoms with E-state index in [1.54, 1.807) is 13.0 Å². The van der Waals surface area contributed by atoms with Crippen molar-refractivity contribution in [3.63, 3.8) is 0 Å². The van der Waals surface area contributed by atoms with Gasteiger partial charge in [0.05, 0.1) is 11.7 Å². The van der Waals surface area contributed by atoms with Crippen LogP contribution in [0.3, 0.4) is 0 Å². The summed E-state index contributed by atoms with van der Waals surface area (Å²) in [7, 11) is 1.82. The number of Topliss-reactive ketones (excluding diaryl/α,β-unsaturated/α-hetero) is 1. The maximum atomic E-state index is 11.4. The predicted octanol–water partition coefficient (Wildman–Crippen LogP) is 2.06. The van der Waals surface area contributed by atoms with E-state index in [1.165, 1.54) is 13.0 Å². The first kappa shape index (κ1) is 15.0. The van der Waals surface area contributed by atoms with Gasteiger partial charge in [-0.3, -0.25) is 9.69 Å². The second kappa shape index (κ2) is 6.18. The molecule has 4 nitrogen and oxygen atoms in total. The molecule has 0 fully saturated rings. The van der Waals surface area contributed by atoms with E-state index in [0.717, 1.165) is 0 Å². The van der Waals surface area contributed by atoms with Crippen molar-refractivity contribution in [2.75, 3.05) is 13.6 Å². The van der Waals surface area contributed by atoms with Crippen LogP contribution in [-0.2, 0) is 6.54 Å². The highest BCUT2D eigenvalue weighted by Crippen LogP contribution is 2.28. The lowest BCUT2D eigenvalue weighted by Crippen LogP contribution is -2.26. The van der Waals surface area contributed by atoms with Gasteiger partial charge >= 0.3 is 0 Å². The molecule has 5 heteroatoms. The lowest BCUT2D eigenvalue weighted by Gasteiger charge is -2.19. The van der Waals surface area contributed by atoms with Crippen molar-refractivity contribution in [2.24, 2.45) is 0 Å². The van der Waals surface area contributed by atoms with Crippen LogP contribution in [0.5, 0.6) is 5.75 Å². The number of nitrogens with zero attached hydrogens (tertiary/aromatic N) is 1. The number of carbonyl (C=O) groups excluding carboxylic acids is 1. The molecule has 100 valence electrons. The van der Waals surface area contributed by atoms with E-state index in [0.29, 0.717) is 23.7 Å². The molecule has 1 rings (SSSR count). The predicted molar refractivity (Wildman–Crippen MR) is 71.1 cm³/mol. The van der Waals surface area contributed by atoms with E-state index >= 15 is 0 Å². The van der Waals surface area contributed by atoms with E-state index in [1.807, 2.05) is 11.9 Å². The topological polar surface area (TPSA) is 60.8 Å². The molecule has 0 aliphatic rings. The first-order chi connectivity index (χ1) is 8.31. The van der Waals surface area contributed by atoms with Crippen molar-refractivity contribution >= 4 is 17.4 Å². The van der Waals surface area contributed by atoms with Gasteiger partial charge in [-0.25, -0.2) is 0 Å². The van der Waals surface area contributed by atoms with Crippen LogP contribution in [0.25, 0.3) is 0 Å². The summed E-state index contributed by atoms with van der Waals surface area (Å²) in [5.74, 6) is -0.265. The Balaban J connectivity index is 2.98. The number of aromatic hydroxyl groups is 1. The van der Waals surface area contributed by atoms with Crippen LogP contribution in [0.2, 0.25) is 5.02 Å². The summed E-state index contributed by atoms with van der Waals surface area (Å²) < 4.78 is 0. The molecule has 1 atom stereocenters. The van der Waals surface area contributed by atoms with E-state index in [9.17, 15) is 15.0 Å². The fourth-order valence-corrected chi connectivity index (χ4v) is 2.09. The number of hydrogen-bond acceptors (Lipinski definition) is 4. The van der Waals surface area contributed by atoms with Crippen LogP contribution in [-0.4, -0.2) is 40.6 Å². The number of halogens is 1. The second-order valence-corrected chi connectivity index (χ2v) is 5.00. The zero-order valence-electron chi connectivity index (χ0n) is 10.8. The minimum absolute atomic E-state index is 0.0376. The molecule has 0 radical (unpaired) electrons. The number of rotatable bonds is 5. The van der Waals surface area contributed by atoms with Crippen LogP contribution in [0, 0.1) is 0 Å². The van der Waals surface area contributed by atoms with Gasteiger partial charge in [-0.1, -0.05) is 11.6 Å². The molecule has 2 N–H and O–H groups in total. The van der Waals surface area contributed by atoms with Crippen LogP contribution < -0.4 is 0 Å². The number of aliphatic hydroxyl groups excluding tert-OH is 1. The quantitative estimate of drug-likeness (QED) is 0.805. The molecule has 0 heterocycles. The highest BCUT2D eigenvalue weighted by Gasteiger charge is 2.14. The van der Waals surface area contributed by atoms with Crippen LogP contribution in [0.15, 0.2) is 12.1 Å². The van der Waals surface area contributed by atoms with Gasteiger partial charge in [0, 0.05) is 23.7 Å². The lowest BCUT2D eigenvalue weighted by atomic mass is 10.1. The highest BCUT2D eigenvalue weighted by molar-refractivity contribution is 6.31. The summed E-state index contributed by atoms with van der Waals surface area (Å²) in [4.78, 5) is 13.2. The van der Waals surface area contributed by atoms with Crippen LogP contribution in [0.1, 0.15) is 29.8 Å². The van der Waals surface area contributed by atoms with Gasteiger partial charge in [0.25, 0.3) is 0 Å². The van der Waals surface area contributed by atoms with Crippen molar-refractivity contribution in [2.45, 2.75) is 26.5 Å². The minimum Gasteiger partial charge on any atom is -0.507 e. The molecule has 0 bridgehead atoms. The molecule has 0 saturated heterocycles. The summed E-state index contributed by atoms with van der Waals surface area (Å²) in [5.41, 5.74) is 0.804. The van der Waals surface area contributed by atoms with E-state index in [4.69, 9.17) is 11.6 Å². The molecule has 0 aliphatic heterocycles. The van der Waals surface area contributed by atoms with Gasteiger partial charge in [-0.05, 0) is 33.0 Å². The largest absolute Gasteiger partial charge is 0.507 e. The number of ketones is 1. The normalized spacial score (nSPS) is 12.8. The maximum Gasteiger partial charge on any atom is 0.163 e. The van der Waals surface area contributed by atoms with Crippen molar-refractivity contribution in [3.8, 4) is 5.75 Å². The van der Waals surface area contributed by atoms with Gasteiger partial charge < -0.3 is 10.2 Å². The van der Waals surface area contributed by atoms with E-state index in [2.05, 4.69) is 0 Å². The fourth-order valence-electron chi connectivity index (χ4n) is 1.85. The number of phenols is 1. The third-order valence-electron chi connectivity index (χ3n) is 2.55. The summed E-state index contributed by atoms with van der Waals surface area (Å²) in [5, 5.41) is 19.7. The third-order valence-corrected chi connectivity index (χ3v) is 2.77. The first-order valence-corrected chi connectivity index (χ1v) is 6.08. The van der Waals surface area contributed by atoms with E-state index in [-0.39, 0.29) is 17.1 Å². The molecule has 1 unspecified atom stereocenters. The van der Waals surface area contributed by atoms with Crippen LogP contribution >= 0.6 is 11.6 Å². The lowest BCUT2D eigenvalue weighted by molar-refractivity contribution is 0.101. The fraction of sp³-hybridized carbons (Fsp3) is 0.462. The Labute approximate surface area is 112 Å². The zero-order chi connectivity index (χ0) is 13.9. The molecule has 18 heavy (non-hydrogen) atoms.